The Balaban J connectivity index is 1.54. The maximum atomic E-state index is 13.5. The number of hydrogen-bond donors (Lipinski definition) is 1. The standard InChI is InChI=1S/C31H28ClN3O4S2/c1-3-4-16-39-23-10-7-9-21(17-23)26-25(27(36)20-14-12-19(2)13-15-20)28(37)29(38)35(26)30-33-34-31(41-30)40-18-22-8-5-6-11-24(22)32/h5-15,17,26,36H,3-4,16,18H2,1-2H3. The minimum Gasteiger partial charge on any atom is -0.507 e. The number of rotatable bonds is 10. The molecule has 0 saturated carbocycles. The van der Waals surface area contributed by atoms with Crippen LogP contribution in [0, 0.1) is 6.92 Å². The van der Waals surface area contributed by atoms with Crippen molar-refractivity contribution in [2.45, 2.75) is 42.8 Å². The van der Waals surface area contributed by atoms with E-state index >= 15 is 0 Å². The number of aromatic nitrogens is 2. The van der Waals surface area contributed by atoms with Crippen molar-refractivity contribution in [2.75, 3.05) is 11.5 Å². The molecular formula is C31H28ClN3O4S2. The average molecular weight is 606 g/mol. The van der Waals surface area contributed by atoms with Gasteiger partial charge in [-0.05, 0) is 42.7 Å². The Hall–Kier alpha value is -3.66. The fraction of sp³-hybridized carbons (Fsp3) is 0.226. The number of carbonyl (C=O) groups excluding carboxylic acids is 2. The van der Waals surface area contributed by atoms with E-state index < -0.39 is 17.7 Å². The molecule has 10 heteroatoms. The SMILES string of the molecule is CCCCOc1cccc(C2C(=C(O)c3ccc(C)cc3)C(=O)C(=O)N2c2nnc(SCc3ccccc3Cl)s2)c1. The van der Waals surface area contributed by atoms with Gasteiger partial charge in [-0.15, -0.1) is 10.2 Å². The molecular weight excluding hydrogens is 578 g/mol. The van der Waals surface area contributed by atoms with E-state index in [4.69, 9.17) is 16.3 Å². The molecule has 210 valence electrons. The number of anilines is 1. The van der Waals surface area contributed by atoms with E-state index in [0.29, 0.717) is 38.6 Å². The minimum absolute atomic E-state index is 0.00923. The lowest BCUT2D eigenvalue weighted by Crippen LogP contribution is -2.29. The Bertz CT molecular complexity index is 1600. The largest absolute Gasteiger partial charge is 0.507 e. The van der Waals surface area contributed by atoms with E-state index in [0.717, 1.165) is 24.0 Å². The van der Waals surface area contributed by atoms with Crippen LogP contribution in [0.4, 0.5) is 5.13 Å². The summed E-state index contributed by atoms with van der Waals surface area (Å²) in [5.74, 6) is -0.622. The van der Waals surface area contributed by atoms with Crippen LogP contribution >= 0.6 is 34.7 Å². The highest BCUT2D eigenvalue weighted by Gasteiger charge is 2.48. The van der Waals surface area contributed by atoms with Gasteiger partial charge >= 0.3 is 5.91 Å². The van der Waals surface area contributed by atoms with E-state index in [-0.39, 0.29) is 16.5 Å². The van der Waals surface area contributed by atoms with Crippen molar-refractivity contribution < 1.29 is 19.4 Å². The molecule has 2 heterocycles. The number of hydrogen-bond acceptors (Lipinski definition) is 8. The van der Waals surface area contributed by atoms with E-state index in [2.05, 4.69) is 17.1 Å². The molecule has 41 heavy (non-hydrogen) atoms. The van der Waals surface area contributed by atoms with Crippen LogP contribution in [0.15, 0.2) is 82.7 Å². The van der Waals surface area contributed by atoms with Crippen molar-refractivity contribution in [1.29, 1.82) is 0 Å². The third-order valence-corrected chi connectivity index (χ3v) is 9.09. The molecule has 1 unspecified atom stereocenters. The van der Waals surface area contributed by atoms with Gasteiger partial charge in [0, 0.05) is 16.3 Å². The van der Waals surface area contributed by atoms with Gasteiger partial charge < -0.3 is 9.84 Å². The zero-order valence-corrected chi connectivity index (χ0v) is 24.9. The second-order valence-electron chi connectivity index (χ2n) is 9.54. The van der Waals surface area contributed by atoms with Gasteiger partial charge in [0.2, 0.25) is 5.13 Å². The van der Waals surface area contributed by atoms with Gasteiger partial charge in [-0.3, -0.25) is 14.5 Å². The molecule has 1 aliphatic rings. The molecule has 0 aliphatic carbocycles. The molecule has 1 aromatic heterocycles. The Kier molecular flexibility index (Phi) is 9.07. The van der Waals surface area contributed by atoms with Crippen molar-refractivity contribution in [3.8, 4) is 5.75 Å². The van der Waals surface area contributed by atoms with Crippen LogP contribution in [0.1, 0.15) is 48.1 Å². The first-order valence-electron chi connectivity index (χ1n) is 13.2. The Morgan fingerprint density at radius 2 is 1.85 bits per heavy atom. The number of aliphatic hydroxyl groups excluding tert-OH is 1. The number of Topliss-reactive ketones (excluding diaryl/α,β-unsaturated/α-hetero) is 1. The van der Waals surface area contributed by atoms with Crippen molar-refractivity contribution in [1.82, 2.24) is 10.2 Å². The summed E-state index contributed by atoms with van der Waals surface area (Å²) in [6, 6.07) is 21.0. The predicted molar refractivity (Wildman–Crippen MR) is 164 cm³/mol. The number of nitrogens with zero attached hydrogens (tertiary/aromatic N) is 3. The first-order chi connectivity index (χ1) is 19.9. The van der Waals surface area contributed by atoms with Gasteiger partial charge in [-0.25, -0.2) is 0 Å². The molecule has 1 saturated heterocycles. The lowest BCUT2D eigenvalue weighted by atomic mass is 9.95. The number of unbranched alkanes of at least 4 members (excludes halogenated alkanes) is 1. The summed E-state index contributed by atoms with van der Waals surface area (Å²) in [6.07, 6.45) is 1.89. The lowest BCUT2D eigenvalue weighted by Gasteiger charge is -2.23. The molecule has 7 nitrogen and oxygen atoms in total. The zero-order valence-electron chi connectivity index (χ0n) is 22.5. The number of aliphatic hydroxyl groups is 1. The van der Waals surface area contributed by atoms with E-state index in [1.807, 2.05) is 61.5 Å². The first-order valence-corrected chi connectivity index (χ1v) is 15.4. The van der Waals surface area contributed by atoms with Crippen LogP contribution in [0.5, 0.6) is 5.75 Å². The van der Waals surface area contributed by atoms with Gasteiger partial charge in [0.25, 0.3) is 5.78 Å². The second-order valence-corrected chi connectivity index (χ2v) is 12.1. The topological polar surface area (TPSA) is 92.6 Å². The van der Waals surface area contributed by atoms with Crippen LogP contribution in [0.25, 0.3) is 5.76 Å². The number of thioether (sulfide) groups is 1. The molecule has 1 aliphatic heterocycles. The number of amides is 1. The van der Waals surface area contributed by atoms with Crippen LogP contribution < -0.4 is 9.64 Å². The first kappa shape index (κ1) is 28.9. The summed E-state index contributed by atoms with van der Waals surface area (Å²) in [5, 5.41) is 20.9. The molecule has 0 radical (unpaired) electrons. The molecule has 0 bridgehead atoms. The fourth-order valence-electron chi connectivity index (χ4n) is 4.43. The van der Waals surface area contributed by atoms with Crippen molar-refractivity contribution in [2.24, 2.45) is 0 Å². The summed E-state index contributed by atoms with van der Waals surface area (Å²) in [4.78, 5) is 28.4. The number of ketones is 1. The van der Waals surface area contributed by atoms with Crippen molar-refractivity contribution in [3.63, 3.8) is 0 Å². The minimum atomic E-state index is -0.916. The Morgan fingerprint density at radius 3 is 2.61 bits per heavy atom. The molecule has 1 amide bonds. The smallest absolute Gasteiger partial charge is 0.301 e. The summed E-state index contributed by atoms with van der Waals surface area (Å²) in [5.41, 5.74) is 3.01. The van der Waals surface area contributed by atoms with Gasteiger partial charge in [0.05, 0.1) is 18.2 Å². The summed E-state index contributed by atoms with van der Waals surface area (Å²) >= 11 is 8.95. The molecule has 1 fully saturated rings. The number of halogens is 1. The number of benzene rings is 3. The molecule has 1 N–H and O–H groups in total. The summed E-state index contributed by atoms with van der Waals surface area (Å²) in [7, 11) is 0. The quantitative estimate of drug-likeness (QED) is 0.0497. The highest BCUT2D eigenvalue weighted by atomic mass is 35.5. The predicted octanol–water partition coefficient (Wildman–Crippen LogP) is 7.60. The van der Waals surface area contributed by atoms with E-state index in [1.165, 1.54) is 28.0 Å². The monoisotopic (exact) mass is 605 g/mol. The van der Waals surface area contributed by atoms with Crippen LogP contribution in [0.2, 0.25) is 5.02 Å². The lowest BCUT2D eigenvalue weighted by molar-refractivity contribution is -0.132. The van der Waals surface area contributed by atoms with E-state index in [9.17, 15) is 14.7 Å². The Labute approximate surface area is 251 Å². The third-order valence-electron chi connectivity index (χ3n) is 6.62. The maximum Gasteiger partial charge on any atom is 0.301 e. The Morgan fingerprint density at radius 1 is 1.07 bits per heavy atom. The molecule has 5 rings (SSSR count). The molecule has 3 aromatic carbocycles. The molecule has 4 aromatic rings. The maximum absolute atomic E-state index is 13.5. The van der Waals surface area contributed by atoms with Crippen LogP contribution in [-0.2, 0) is 15.3 Å². The number of carbonyl (C=O) groups is 2. The van der Waals surface area contributed by atoms with E-state index in [1.54, 1.807) is 18.2 Å². The van der Waals surface area contributed by atoms with Gasteiger partial charge in [0.15, 0.2) is 4.34 Å². The second kappa shape index (κ2) is 12.9. The summed E-state index contributed by atoms with van der Waals surface area (Å²) in [6.45, 7) is 4.57. The average Bonchev–Trinajstić information content (AvgIpc) is 3.55. The van der Waals surface area contributed by atoms with Gasteiger partial charge in [-0.1, -0.05) is 108 Å². The fourth-order valence-corrected chi connectivity index (χ4v) is 6.59. The van der Waals surface area contributed by atoms with Gasteiger partial charge in [-0.2, -0.15) is 0 Å². The number of aryl methyl sites for hydroxylation is 1. The van der Waals surface area contributed by atoms with Crippen LogP contribution in [-0.4, -0.2) is 33.6 Å². The third kappa shape index (κ3) is 6.32. The molecule has 1 atom stereocenters. The highest BCUT2D eigenvalue weighted by Crippen LogP contribution is 2.44. The normalized spacial score (nSPS) is 16.4. The van der Waals surface area contributed by atoms with Gasteiger partial charge in [0.1, 0.15) is 11.5 Å². The van der Waals surface area contributed by atoms with Crippen molar-refractivity contribution >= 4 is 57.3 Å². The summed E-state index contributed by atoms with van der Waals surface area (Å²) < 4.78 is 6.54. The zero-order chi connectivity index (χ0) is 28.9. The van der Waals surface area contributed by atoms with Crippen LogP contribution in [0.3, 0.4) is 0 Å². The van der Waals surface area contributed by atoms with Crippen molar-refractivity contribution in [3.05, 3.63) is 106 Å². The highest BCUT2D eigenvalue weighted by molar-refractivity contribution is 8.00. The molecule has 0 spiro atoms. The number of ether oxygens (including phenoxy) is 1.